The molecule has 0 atom stereocenters. The van der Waals surface area contributed by atoms with Gasteiger partial charge in [0.25, 0.3) is 0 Å². The summed E-state index contributed by atoms with van der Waals surface area (Å²) in [5, 5.41) is -0.512. The summed E-state index contributed by atoms with van der Waals surface area (Å²) in [5.74, 6) is 1.31. The molecule has 0 N–H and O–H groups in total. The van der Waals surface area contributed by atoms with Crippen molar-refractivity contribution in [3.05, 3.63) is 65.7 Å². The molecule has 4 heteroatoms. The van der Waals surface area contributed by atoms with E-state index in [-0.39, 0.29) is 0 Å². The Hall–Kier alpha value is -2.26. The molecule has 2 aromatic rings. The standard InChI is InChI=1S/C18H17ClO3/c1-2-21-17-12-14(9-11-18(19)20)8-10-16(17)22-13-15-6-4-3-5-7-15/h3-12H,2,13H2,1H3/b11-9+. The SMILES string of the molecule is CCOc1cc(/C=C/C(=O)Cl)ccc1OCc1ccccc1. The van der Waals surface area contributed by atoms with Gasteiger partial charge in [0, 0.05) is 0 Å². The second-order valence-electron chi connectivity index (χ2n) is 4.55. The Kier molecular flexibility index (Phi) is 6.04. The predicted molar refractivity (Wildman–Crippen MR) is 88.3 cm³/mol. The third-order valence-corrected chi connectivity index (χ3v) is 3.04. The number of rotatable bonds is 7. The number of ether oxygens (including phenoxy) is 2. The van der Waals surface area contributed by atoms with Crippen molar-refractivity contribution < 1.29 is 14.3 Å². The van der Waals surface area contributed by atoms with E-state index in [1.807, 2.05) is 55.5 Å². The summed E-state index contributed by atoms with van der Waals surface area (Å²) in [6, 6.07) is 15.4. The van der Waals surface area contributed by atoms with E-state index in [9.17, 15) is 4.79 Å². The van der Waals surface area contributed by atoms with Crippen molar-refractivity contribution in [2.45, 2.75) is 13.5 Å². The molecule has 0 spiro atoms. The number of hydrogen-bond donors (Lipinski definition) is 0. The predicted octanol–water partition coefficient (Wildman–Crippen LogP) is 4.44. The van der Waals surface area contributed by atoms with Crippen LogP contribution in [0.5, 0.6) is 11.5 Å². The zero-order chi connectivity index (χ0) is 15.8. The van der Waals surface area contributed by atoms with Crippen LogP contribution in [-0.2, 0) is 11.4 Å². The first kappa shape index (κ1) is 16.1. The molecule has 22 heavy (non-hydrogen) atoms. The highest BCUT2D eigenvalue weighted by atomic mass is 35.5. The molecule has 3 nitrogen and oxygen atoms in total. The molecule has 0 aromatic heterocycles. The van der Waals surface area contributed by atoms with E-state index in [1.165, 1.54) is 6.08 Å². The minimum absolute atomic E-state index is 0.469. The number of hydrogen-bond acceptors (Lipinski definition) is 3. The van der Waals surface area contributed by atoms with Crippen LogP contribution in [0.4, 0.5) is 0 Å². The average molecular weight is 317 g/mol. The molecule has 0 bridgehead atoms. The van der Waals surface area contributed by atoms with Gasteiger partial charge in [-0.1, -0.05) is 42.5 Å². The minimum atomic E-state index is -0.512. The van der Waals surface area contributed by atoms with Crippen LogP contribution in [0.1, 0.15) is 18.1 Å². The Balaban J connectivity index is 2.14. The van der Waals surface area contributed by atoms with Gasteiger partial charge in [-0.15, -0.1) is 0 Å². The summed E-state index contributed by atoms with van der Waals surface area (Å²) in [5.41, 5.74) is 1.91. The molecule has 0 radical (unpaired) electrons. The summed E-state index contributed by atoms with van der Waals surface area (Å²) < 4.78 is 11.4. The lowest BCUT2D eigenvalue weighted by Crippen LogP contribution is -1.99. The summed E-state index contributed by atoms with van der Waals surface area (Å²) in [7, 11) is 0. The highest BCUT2D eigenvalue weighted by Gasteiger charge is 2.06. The molecule has 0 amide bonds. The van der Waals surface area contributed by atoms with Gasteiger partial charge in [-0.2, -0.15) is 0 Å². The zero-order valence-corrected chi connectivity index (χ0v) is 13.0. The molecular weight excluding hydrogens is 300 g/mol. The second-order valence-corrected chi connectivity index (χ2v) is 4.92. The first-order valence-corrected chi connectivity index (χ1v) is 7.38. The van der Waals surface area contributed by atoms with Crippen molar-refractivity contribution >= 4 is 22.9 Å². The Labute approximate surface area is 135 Å². The smallest absolute Gasteiger partial charge is 0.245 e. The van der Waals surface area contributed by atoms with E-state index in [0.29, 0.717) is 24.7 Å². The Morgan fingerprint density at radius 1 is 1.09 bits per heavy atom. The van der Waals surface area contributed by atoms with Gasteiger partial charge in [-0.05, 0) is 47.9 Å². The molecule has 0 aliphatic heterocycles. The van der Waals surface area contributed by atoms with Gasteiger partial charge in [-0.25, -0.2) is 0 Å². The van der Waals surface area contributed by atoms with Crippen molar-refractivity contribution in [1.29, 1.82) is 0 Å². The molecule has 0 saturated carbocycles. The quantitative estimate of drug-likeness (QED) is 0.559. The van der Waals surface area contributed by atoms with Crippen molar-refractivity contribution in [2.24, 2.45) is 0 Å². The van der Waals surface area contributed by atoms with E-state index in [0.717, 1.165) is 11.1 Å². The minimum Gasteiger partial charge on any atom is -0.490 e. The zero-order valence-electron chi connectivity index (χ0n) is 12.3. The third-order valence-electron chi connectivity index (χ3n) is 2.91. The topological polar surface area (TPSA) is 35.5 Å². The molecule has 0 aliphatic carbocycles. The summed E-state index contributed by atoms with van der Waals surface area (Å²) >= 11 is 5.30. The van der Waals surface area contributed by atoms with Crippen LogP contribution in [0, 0.1) is 0 Å². The molecule has 114 valence electrons. The first-order valence-electron chi connectivity index (χ1n) is 7.00. The van der Waals surface area contributed by atoms with Gasteiger partial charge in [0.15, 0.2) is 11.5 Å². The van der Waals surface area contributed by atoms with Crippen molar-refractivity contribution in [3.63, 3.8) is 0 Å². The maximum atomic E-state index is 10.8. The molecule has 0 fully saturated rings. The van der Waals surface area contributed by atoms with E-state index in [4.69, 9.17) is 21.1 Å². The fourth-order valence-electron chi connectivity index (χ4n) is 1.91. The van der Waals surface area contributed by atoms with Crippen LogP contribution < -0.4 is 9.47 Å². The van der Waals surface area contributed by atoms with Gasteiger partial charge in [0.05, 0.1) is 6.61 Å². The van der Waals surface area contributed by atoms with Gasteiger partial charge in [0.1, 0.15) is 6.61 Å². The van der Waals surface area contributed by atoms with Gasteiger partial charge in [0.2, 0.25) is 5.24 Å². The lowest BCUT2D eigenvalue weighted by Gasteiger charge is -2.12. The van der Waals surface area contributed by atoms with Crippen molar-refractivity contribution in [1.82, 2.24) is 0 Å². The van der Waals surface area contributed by atoms with E-state index >= 15 is 0 Å². The largest absolute Gasteiger partial charge is 0.490 e. The number of benzene rings is 2. The van der Waals surface area contributed by atoms with E-state index < -0.39 is 5.24 Å². The van der Waals surface area contributed by atoms with E-state index in [2.05, 4.69) is 0 Å². The number of carbonyl (C=O) groups excluding carboxylic acids is 1. The highest BCUT2D eigenvalue weighted by Crippen LogP contribution is 2.29. The van der Waals surface area contributed by atoms with Crippen LogP contribution in [-0.4, -0.2) is 11.8 Å². The molecule has 2 aromatic carbocycles. The fraction of sp³-hybridized carbons (Fsp3) is 0.167. The molecule has 0 saturated heterocycles. The first-order chi connectivity index (χ1) is 10.7. The second kappa shape index (κ2) is 8.25. The number of carbonyl (C=O) groups is 1. The lowest BCUT2D eigenvalue weighted by molar-refractivity contribution is -0.107. The molecule has 2 rings (SSSR count). The van der Waals surface area contributed by atoms with Crippen LogP contribution in [0.25, 0.3) is 6.08 Å². The Bertz CT molecular complexity index is 651. The van der Waals surface area contributed by atoms with Crippen LogP contribution >= 0.6 is 11.6 Å². The fourth-order valence-corrected chi connectivity index (χ4v) is 1.98. The van der Waals surface area contributed by atoms with Crippen molar-refractivity contribution in [2.75, 3.05) is 6.61 Å². The Morgan fingerprint density at radius 3 is 2.55 bits per heavy atom. The third kappa shape index (κ3) is 4.93. The van der Waals surface area contributed by atoms with Crippen molar-refractivity contribution in [3.8, 4) is 11.5 Å². The normalized spacial score (nSPS) is 10.6. The lowest BCUT2D eigenvalue weighted by atomic mass is 10.2. The van der Waals surface area contributed by atoms with Gasteiger partial charge in [-0.3, -0.25) is 4.79 Å². The number of allylic oxidation sites excluding steroid dienone is 1. The van der Waals surface area contributed by atoms with Crippen LogP contribution in [0.2, 0.25) is 0 Å². The molecule has 0 aliphatic rings. The number of halogens is 1. The molecule has 0 heterocycles. The molecular formula is C18H17ClO3. The average Bonchev–Trinajstić information content (AvgIpc) is 2.53. The maximum Gasteiger partial charge on any atom is 0.245 e. The summed E-state index contributed by atoms with van der Waals surface area (Å²) in [4.78, 5) is 10.8. The Morgan fingerprint density at radius 2 is 1.86 bits per heavy atom. The van der Waals surface area contributed by atoms with Crippen LogP contribution in [0.3, 0.4) is 0 Å². The maximum absolute atomic E-state index is 10.8. The van der Waals surface area contributed by atoms with E-state index in [1.54, 1.807) is 6.08 Å². The highest BCUT2D eigenvalue weighted by molar-refractivity contribution is 6.66. The van der Waals surface area contributed by atoms with Gasteiger partial charge >= 0.3 is 0 Å². The summed E-state index contributed by atoms with van der Waals surface area (Å²) in [6.45, 7) is 2.91. The van der Waals surface area contributed by atoms with Gasteiger partial charge < -0.3 is 9.47 Å². The van der Waals surface area contributed by atoms with Crippen LogP contribution in [0.15, 0.2) is 54.6 Å². The monoisotopic (exact) mass is 316 g/mol. The molecule has 0 unspecified atom stereocenters. The summed E-state index contributed by atoms with van der Waals surface area (Å²) in [6.07, 6.45) is 2.94.